The highest BCUT2D eigenvalue weighted by molar-refractivity contribution is 7.93. The van der Waals surface area contributed by atoms with Gasteiger partial charge in [-0.25, -0.2) is 8.42 Å². The maximum atomic E-state index is 11.9. The number of sulfone groups is 1. The second-order valence-corrected chi connectivity index (χ2v) is 8.11. The fraction of sp³-hybridized carbons (Fsp3) is 1.00. The highest BCUT2D eigenvalue weighted by atomic mass is 32.2. The summed E-state index contributed by atoms with van der Waals surface area (Å²) in [4.78, 5) is 2.03. The molecule has 2 rings (SSSR count). The number of nitrogens with zero attached hydrogens (tertiary/aromatic N) is 1. The van der Waals surface area contributed by atoms with Crippen molar-refractivity contribution in [3.05, 3.63) is 0 Å². The molecule has 0 aromatic rings. The Kier molecular flexibility index (Phi) is 3.05. The zero-order chi connectivity index (χ0) is 12.0. The van der Waals surface area contributed by atoms with Gasteiger partial charge in [-0.1, -0.05) is 0 Å². The van der Waals surface area contributed by atoms with Gasteiger partial charge in [0.15, 0.2) is 9.84 Å². The van der Waals surface area contributed by atoms with Crippen LogP contribution in [0.5, 0.6) is 0 Å². The van der Waals surface area contributed by atoms with E-state index in [9.17, 15) is 13.5 Å². The van der Waals surface area contributed by atoms with Crippen molar-refractivity contribution in [3.63, 3.8) is 0 Å². The summed E-state index contributed by atoms with van der Waals surface area (Å²) in [7, 11) is 1.03. The summed E-state index contributed by atoms with van der Waals surface area (Å²) in [5, 5.41) is 9.88. The van der Waals surface area contributed by atoms with E-state index in [0.29, 0.717) is 19.3 Å². The number of hydrogen-bond acceptors (Lipinski definition) is 4. The third-order valence-electron chi connectivity index (χ3n) is 3.98. The molecule has 94 valence electrons. The Balaban J connectivity index is 2.07. The van der Waals surface area contributed by atoms with Gasteiger partial charge >= 0.3 is 0 Å². The van der Waals surface area contributed by atoms with Gasteiger partial charge in [0.05, 0.1) is 16.1 Å². The predicted octanol–water partition coefficient (Wildman–Crippen LogP) is 0.409. The molecule has 2 saturated heterocycles. The molecule has 16 heavy (non-hydrogen) atoms. The Morgan fingerprint density at radius 1 is 1.25 bits per heavy atom. The number of aliphatic hydroxyl groups is 1. The van der Waals surface area contributed by atoms with Gasteiger partial charge in [-0.15, -0.1) is 0 Å². The Morgan fingerprint density at radius 3 is 2.19 bits per heavy atom. The molecule has 0 aromatic heterocycles. The molecule has 0 amide bonds. The molecule has 0 saturated carbocycles. The van der Waals surface area contributed by atoms with Crippen LogP contribution in [0.25, 0.3) is 0 Å². The lowest BCUT2D eigenvalue weighted by Crippen LogP contribution is -2.46. The van der Waals surface area contributed by atoms with Crippen LogP contribution in [0.2, 0.25) is 0 Å². The average molecular weight is 247 g/mol. The second kappa shape index (κ2) is 3.96. The number of fused-ring (bicyclic) bond motifs is 2. The van der Waals surface area contributed by atoms with E-state index in [-0.39, 0.29) is 10.5 Å². The standard InChI is InChI=1S/C11H21NO3S/c1-12(2)6-5-11(13)7-9-3-4-10(8-11)16(9,14)15/h9-10,13H,3-8H2,1-2H3. The van der Waals surface area contributed by atoms with E-state index in [4.69, 9.17) is 0 Å². The molecule has 2 heterocycles. The molecule has 2 fully saturated rings. The van der Waals surface area contributed by atoms with E-state index < -0.39 is 15.4 Å². The first-order valence-corrected chi connectivity index (χ1v) is 7.54. The maximum absolute atomic E-state index is 11.9. The van der Waals surface area contributed by atoms with Crippen LogP contribution >= 0.6 is 0 Å². The van der Waals surface area contributed by atoms with Gasteiger partial charge in [-0.2, -0.15) is 0 Å². The molecular formula is C11H21NO3S. The fourth-order valence-electron chi connectivity index (χ4n) is 2.98. The Hall–Kier alpha value is -0.130. The van der Waals surface area contributed by atoms with Gasteiger partial charge in [0.2, 0.25) is 0 Å². The second-order valence-electron chi connectivity index (χ2n) is 5.60. The topological polar surface area (TPSA) is 57.6 Å². The summed E-state index contributed by atoms with van der Waals surface area (Å²) in [5.74, 6) is 0. The van der Waals surface area contributed by atoms with Crippen molar-refractivity contribution in [2.45, 2.75) is 48.2 Å². The lowest BCUT2D eigenvalue weighted by Gasteiger charge is -2.36. The average Bonchev–Trinajstić information content (AvgIpc) is 2.39. The highest BCUT2D eigenvalue weighted by Crippen LogP contribution is 2.44. The molecule has 0 aromatic carbocycles. The fourth-order valence-corrected chi connectivity index (χ4v) is 5.53. The quantitative estimate of drug-likeness (QED) is 0.785. The normalized spacial score (nSPS) is 41.5. The Morgan fingerprint density at radius 2 is 1.75 bits per heavy atom. The van der Waals surface area contributed by atoms with Crippen LogP contribution in [-0.4, -0.2) is 55.2 Å². The minimum Gasteiger partial charge on any atom is -0.390 e. The van der Waals surface area contributed by atoms with Gasteiger partial charge < -0.3 is 10.0 Å². The van der Waals surface area contributed by atoms with E-state index in [1.807, 2.05) is 19.0 Å². The Labute approximate surface area is 97.6 Å². The van der Waals surface area contributed by atoms with E-state index in [2.05, 4.69) is 0 Å². The molecule has 2 aliphatic heterocycles. The van der Waals surface area contributed by atoms with E-state index in [1.54, 1.807) is 0 Å². The van der Waals surface area contributed by atoms with E-state index in [1.165, 1.54) is 0 Å². The molecule has 2 unspecified atom stereocenters. The van der Waals surface area contributed by atoms with Crippen LogP contribution in [0.4, 0.5) is 0 Å². The van der Waals surface area contributed by atoms with Crippen LogP contribution in [0, 0.1) is 0 Å². The van der Waals surface area contributed by atoms with E-state index >= 15 is 0 Å². The molecule has 0 aliphatic carbocycles. The lowest BCUT2D eigenvalue weighted by atomic mass is 9.90. The first-order valence-electron chi connectivity index (χ1n) is 5.93. The minimum absolute atomic E-state index is 0.279. The first kappa shape index (κ1) is 12.3. The SMILES string of the molecule is CN(C)CCC1(O)CC2CCC(C1)S2(=O)=O. The third kappa shape index (κ3) is 2.13. The van der Waals surface area contributed by atoms with Crippen LogP contribution in [0.15, 0.2) is 0 Å². The molecule has 0 radical (unpaired) electrons. The summed E-state index contributed by atoms with van der Waals surface area (Å²) < 4.78 is 23.8. The summed E-state index contributed by atoms with van der Waals surface area (Å²) >= 11 is 0. The van der Waals surface area contributed by atoms with Gasteiger partial charge in [0, 0.05) is 6.54 Å². The number of rotatable bonds is 3. The van der Waals surface area contributed by atoms with Crippen molar-refractivity contribution in [1.82, 2.24) is 4.90 Å². The van der Waals surface area contributed by atoms with Crippen molar-refractivity contribution in [2.24, 2.45) is 0 Å². The zero-order valence-corrected chi connectivity index (χ0v) is 10.8. The highest BCUT2D eigenvalue weighted by Gasteiger charge is 2.52. The minimum atomic E-state index is -2.91. The summed E-state index contributed by atoms with van der Waals surface area (Å²) in [6.07, 6.45) is 3.07. The zero-order valence-electron chi connectivity index (χ0n) is 10.0. The van der Waals surface area contributed by atoms with Crippen LogP contribution in [0.3, 0.4) is 0 Å². The van der Waals surface area contributed by atoms with Crippen molar-refractivity contribution in [3.8, 4) is 0 Å². The molecule has 1 N–H and O–H groups in total. The van der Waals surface area contributed by atoms with Crippen LogP contribution in [-0.2, 0) is 9.84 Å². The van der Waals surface area contributed by atoms with Crippen molar-refractivity contribution in [2.75, 3.05) is 20.6 Å². The summed E-state index contributed by atoms with van der Waals surface area (Å²) in [5.41, 5.74) is -0.749. The summed E-state index contributed by atoms with van der Waals surface area (Å²) in [6.45, 7) is 0.815. The maximum Gasteiger partial charge on any atom is 0.156 e. The molecule has 2 bridgehead atoms. The molecule has 5 heteroatoms. The van der Waals surface area contributed by atoms with Crippen LogP contribution < -0.4 is 0 Å². The molecule has 2 aliphatic rings. The van der Waals surface area contributed by atoms with Gasteiger partial charge in [0.1, 0.15) is 0 Å². The first-order chi connectivity index (χ1) is 7.33. The predicted molar refractivity (Wildman–Crippen MR) is 63.1 cm³/mol. The van der Waals surface area contributed by atoms with Gasteiger partial charge in [-0.05, 0) is 46.2 Å². The largest absolute Gasteiger partial charge is 0.390 e. The van der Waals surface area contributed by atoms with Gasteiger partial charge in [-0.3, -0.25) is 0 Å². The van der Waals surface area contributed by atoms with Crippen LogP contribution in [0.1, 0.15) is 32.1 Å². The van der Waals surface area contributed by atoms with Gasteiger partial charge in [0.25, 0.3) is 0 Å². The molecular weight excluding hydrogens is 226 g/mol. The molecule has 0 spiro atoms. The summed E-state index contributed by atoms with van der Waals surface area (Å²) in [6, 6.07) is 0. The van der Waals surface area contributed by atoms with Crippen molar-refractivity contribution >= 4 is 9.84 Å². The Bertz CT molecular complexity index is 343. The third-order valence-corrected chi connectivity index (χ3v) is 6.64. The lowest BCUT2D eigenvalue weighted by molar-refractivity contribution is 0.00771. The monoisotopic (exact) mass is 247 g/mol. The van der Waals surface area contributed by atoms with Crippen molar-refractivity contribution < 1.29 is 13.5 Å². The smallest absolute Gasteiger partial charge is 0.156 e. The van der Waals surface area contributed by atoms with E-state index in [0.717, 1.165) is 19.4 Å². The van der Waals surface area contributed by atoms with Crippen molar-refractivity contribution in [1.29, 1.82) is 0 Å². The molecule has 4 nitrogen and oxygen atoms in total. The number of hydrogen-bond donors (Lipinski definition) is 1. The molecule has 2 atom stereocenters.